The predicted molar refractivity (Wildman–Crippen MR) is 106 cm³/mol. The number of hydrogen-bond acceptors (Lipinski definition) is 7. The van der Waals surface area contributed by atoms with Gasteiger partial charge in [-0.2, -0.15) is 0 Å². The molecule has 0 aliphatic carbocycles. The van der Waals surface area contributed by atoms with Crippen LogP contribution in [0.3, 0.4) is 0 Å². The van der Waals surface area contributed by atoms with Gasteiger partial charge in [-0.05, 0) is 53.0 Å². The fourth-order valence-electron chi connectivity index (χ4n) is 3.80. The Hall–Kier alpha value is -2.61. The fraction of sp³-hybridized carbons (Fsp3) is 0.450. The highest BCUT2D eigenvalue weighted by molar-refractivity contribution is 7.11. The normalized spacial score (nSPS) is 17.1. The number of rotatable bonds is 3. The van der Waals surface area contributed by atoms with Crippen LogP contribution in [0.15, 0.2) is 16.1 Å². The van der Waals surface area contributed by atoms with Crippen molar-refractivity contribution in [1.29, 1.82) is 0 Å². The zero-order valence-electron chi connectivity index (χ0n) is 16.5. The number of aryl methyl sites for hydroxylation is 4. The first-order valence-corrected chi connectivity index (χ1v) is 10.3. The third kappa shape index (κ3) is 3.32. The summed E-state index contributed by atoms with van der Waals surface area (Å²) in [7, 11) is 0. The number of hydrogen-bond donors (Lipinski definition) is 0. The topological polar surface area (TPSA) is 85.0 Å². The summed E-state index contributed by atoms with van der Waals surface area (Å²) in [5.74, 6) is 1.35. The van der Waals surface area contributed by atoms with E-state index < -0.39 is 0 Å². The van der Waals surface area contributed by atoms with Crippen LogP contribution in [0, 0.1) is 27.7 Å². The van der Waals surface area contributed by atoms with E-state index in [1.54, 1.807) is 5.51 Å². The summed E-state index contributed by atoms with van der Waals surface area (Å²) in [6.45, 7) is 8.32. The molecule has 1 aliphatic rings. The van der Waals surface area contributed by atoms with Gasteiger partial charge in [0, 0.05) is 12.2 Å². The maximum atomic E-state index is 13.2. The number of amides is 1. The Morgan fingerprint density at radius 1 is 1.18 bits per heavy atom. The molecule has 7 nitrogen and oxygen atoms in total. The van der Waals surface area contributed by atoms with E-state index in [1.165, 1.54) is 11.3 Å². The lowest BCUT2D eigenvalue weighted by Gasteiger charge is -2.35. The van der Waals surface area contributed by atoms with Crippen LogP contribution in [-0.4, -0.2) is 37.5 Å². The Morgan fingerprint density at radius 2 is 2.00 bits per heavy atom. The highest BCUT2D eigenvalue weighted by Crippen LogP contribution is 2.34. The quantitative estimate of drug-likeness (QED) is 0.659. The second kappa shape index (κ2) is 7.43. The highest BCUT2D eigenvalue weighted by atomic mass is 32.1. The average Bonchev–Trinajstić information content (AvgIpc) is 3.25. The van der Waals surface area contributed by atoms with E-state index in [2.05, 4.69) is 15.1 Å². The third-order valence-corrected chi connectivity index (χ3v) is 6.09. The van der Waals surface area contributed by atoms with Crippen LogP contribution < -0.4 is 0 Å². The minimum Gasteiger partial charge on any atom is -0.361 e. The molecular weight excluding hydrogens is 374 g/mol. The van der Waals surface area contributed by atoms with Crippen LogP contribution in [0.25, 0.3) is 11.4 Å². The Balaban J connectivity index is 1.74. The van der Waals surface area contributed by atoms with Crippen LogP contribution in [0.1, 0.15) is 63.5 Å². The zero-order chi connectivity index (χ0) is 19.8. The molecule has 0 spiro atoms. The van der Waals surface area contributed by atoms with Gasteiger partial charge in [-0.15, -0.1) is 11.3 Å². The van der Waals surface area contributed by atoms with Crippen LogP contribution in [0.4, 0.5) is 0 Å². The second-order valence-corrected chi connectivity index (χ2v) is 8.09. The lowest BCUT2D eigenvalue weighted by atomic mass is 9.98. The summed E-state index contributed by atoms with van der Waals surface area (Å²) >= 11 is 1.40. The molecule has 3 aromatic rings. The molecule has 3 aromatic heterocycles. The van der Waals surface area contributed by atoms with Crippen LogP contribution in [-0.2, 0) is 0 Å². The monoisotopic (exact) mass is 397 g/mol. The second-order valence-electron chi connectivity index (χ2n) is 7.23. The van der Waals surface area contributed by atoms with Crippen molar-refractivity contribution in [3.8, 4) is 11.4 Å². The van der Waals surface area contributed by atoms with E-state index in [0.717, 1.165) is 54.1 Å². The van der Waals surface area contributed by atoms with E-state index in [0.29, 0.717) is 16.5 Å². The number of aromatic nitrogens is 4. The standard InChI is InChI=1S/C20H23N5O2S/c1-11-9-15(23-19(22-11)17-12(2)24-27-14(17)4)16-7-5-6-8-25(16)20(26)18-13(3)21-10-28-18/h9-10,16H,5-8H2,1-4H3. The van der Waals surface area contributed by atoms with Crippen molar-refractivity contribution in [2.24, 2.45) is 0 Å². The van der Waals surface area contributed by atoms with Gasteiger partial charge in [0.1, 0.15) is 10.6 Å². The summed E-state index contributed by atoms with van der Waals surface area (Å²) in [5.41, 5.74) is 5.86. The lowest BCUT2D eigenvalue weighted by molar-refractivity contribution is 0.0610. The van der Waals surface area contributed by atoms with Gasteiger partial charge in [0.05, 0.1) is 34.2 Å². The van der Waals surface area contributed by atoms with Crippen molar-refractivity contribution in [3.63, 3.8) is 0 Å². The first-order valence-electron chi connectivity index (χ1n) is 9.45. The van der Waals surface area contributed by atoms with Gasteiger partial charge < -0.3 is 9.42 Å². The number of likely N-dealkylation sites (tertiary alicyclic amines) is 1. The van der Waals surface area contributed by atoms with E-state index in [4.69, 9.17) is 9.51 Å². The minimum atomic E-state index is -0.0660. The molecular formula is C20H23N5O2S. The summed E-state index contributed by atoms with van der Waals surface area (Å²) < 4.78 is 5.30. The van der Waals surface area contributed by atoms with E-state index in [-0.39, 0.29) is 11.9 Å². The molecule has 0 N–H and O–H groups in total. The van der Waals surface area contributed by atoms with Gasteiger partial charge >= 0.3 is 0 Å². The molecule has 4 heterocycles. The molecule has 1 fully saturated rings. The molecule has 8 heteroatoms. The van der Waals surface area contributed by atoms with Crippen molar-refractivity contribution >= 4 is 17.2 Å². The maximum Gasteiger partial charge on any atom is 0.266 e. The molecule has 0 saturated carbocycles. The number of carbonyl (C=O) groups excluding carboxylic acids is 1. The largest absolute Gasteiger partial charge is 0.361 e. The predicted octanol–water partition coefficient (Wildman–Crippen LogP) is 4.19. The Labute approximate surface area is 167 Å². The van der Waals surface area contributed by atoms with Crippen molar-refractivity contribution in [3.05, 3.63) is 45.0 Å². The molecule has 1 unspecified atom stereocenters. The molecule has 0 bridgehead atoms. The van der Waals surface area contributed by atoms with E-state index in [9.17, 15) is 4.79 Å². The average molecular weight is 398 g/mol. The molecule has 28 heavy (non-hydrogen) atoms. The van der Waals surface area contributed by atoms with Gasteiger partial charge in [0.15, 0.2) is 5.82 Å². The number of piperidine rings is 1. The van der Waals surface area contributed by atoms with Crippen molar-refractivity contribution in [2.75, 3.05) is 6.54 Å². The summed E-state index contributed by atoms with van der Waals surface area (Å²) in [6, 6.07) is 1.92. The number of carbonyl (C=O) groups is 1. The van der Waals surface area contributed by atoms with Crippen LogP contribution in [0.2, 0.25) is 0 Å². The summed E-state index contributed by atoms with van der Waals surface area (Å²) in [4.78, 5) is 29.5. The Kier molecular flexibility index (Phi) is 4.97. The third-order valence-electron chi connectivity index (χ3n) is 5.18. The number of thiazole rings is 1. The zero-order valence-corrected chi connectivity index (χ0v) is 17.3. The van der Waals surface area contributed by atoms with Gasteiger partial charge in [-0.1, -0.05) is 5.16 Å². The Morgan fingerprint density at radius 3 is 2.68 bits per heavy atom. The van der Waals surface area contributed by atoms with Gasteiger partial charge in [0.2, 0.25) is 0 Å². The van der Waals surface area contributed by atoms with Crippen molar-refractivity contribution < 1.29 is 9.32 Å². The van der Waals surface area contributed by atoms with Gasteiger partial charge in [-0.25, -0.2) is 15.0 Å². The molecule has 1 aliphatic heterocycles. The lowest BCUT2D eigenvalue weighted by Crippen LogP contribution is -2.39. The molecule has 1 saturated heterocycles. The Bertz CT molecular complexity index is 1010. The summed E-state index contributed by atoms with van der Waals surface area (Å²) in [5, 5.41) is 4.03. The molecule has 0 aromatic carbocycles. The molecule has 1 amide bonds. The van der Waals surface area contributed by atoms with Crippen LogP contribution >= 0.6 is 11.3 Å². The first-order chi connectivity index (χ1) is 13.5. The van der Waals surface area contributed by atoms with Crippen molar-refractivity contribution in [1.82, 2.24) is 25.0 Å². The molecule has 4 rings (SSSR count). The fourth-order valence-corrected chi connectivity index (χ4v) is 4.55. The minimum absolute atomic E-state index is 0.0415. The summed E-state index contributed by atoms with van der Waals surface area (Å²) in [6.07, 6.45) is 2.96. The first kappa shape index (κ1) is 18.7. The molecule has 0 radical (unpaired) electrons. The molecule has 146 valence electrons. The van der Waals surface area contributed by atoms with Crippen molar-refractivity contribution in [2.45, 2.75) is 53.0 Å². The van der Waals surface area contributed by atoms with E-state index in [1.807, 2.05) is 38.7 Å². The SMILES string of the molecule is Cc1cc(C2CCCCN2C(=O)c2scnc2C)nc(-c2c(C)noc2C)n1. The van der Waals surface area contributed by atoms with Gasteiger partial charge in [-0.3, -0.25) is 4.79 Å². The molecule has 1 atom stereocenters. The van der Waals surface area contributed by atoms with E-state index >= 15 is 0 Å². The highest BCUT2D eigenvalue weighted by Gasteiger charge is 2.32. The van der Waals surface area contributed by atoms with Crippen LogP contribution in [0.5, 0.6) is 0 Å². The maximum absolute atomic E-state index is 13.2. The van der Waals surface area contributed by atoms with Gasteiger partial charge in [0.25, 0.3) is 5.91 Å². The number of nitrogens with zero attached hydrogens (tertiary/aromatic N) is 5. The smallest absolute Gasteiger partial charge is 0.266 e.